The van der Waals surface area contributed by atoms with E-state index in [1.807, 2.05) is 6.92 Å². The van der Waals surface area contributed by atoms with Gasteiger partial charge >= 0.3 is 0 Å². The molecule has 0 radical (unpaired) electrons. The first kappa shape index (κ1) is 13.8. The zero-order valence-electron chi connectivity index (χ0n) is 10.0. The molecule has 1 aromatic rings. The average molecular weight is 242 g/mol. The molecule has 0 aliphatic rings. The molecule has 0 saturated heterocycles. The molecule has 17 heavy (non-hydrogen) atoms. The fraction of sp³-hybridized carbons (Fsp3) is 0.462. The van der Waals surface area contributed by atoms with Crippen LogP contribution in [0.5, 0.6) is 0 Å². The molecule has 1 atom stereocenters. The first-order chi connectivity index (χ1) is 8.10. The number of hydrogen-bond acceptors (Lipinski definition) is 2. The second-order valence-electron chi connectivity index (χ2n) is 3.74. The molecule has 0 fully saturated rings. The summed E-state index contributed by atoms with van der Waals surface area (Å²) in [5, 5.41) is 0. The van der Waals surface area contributed by atoms with Gasteiger partial charge in [-0.1, -0.05) is 13.8 Å². The molecule has 1 unspecified atom stereocenters. The maximum atomic E-state index is 13.5. The normalized spacial score (nSPS) is 12.5. The van der Waals surface area contributed by atoms with Gasteiger partial charge in [0.25, 0.3) is 0 Å². The Morgan fingerprint density at radius 3 is 2.65 bits per heavy atom. The van der Waals surface area contributed by atoms with Crippen LogP contribution in [0.15, 0.2) is 18.2 Å². The maximum Gasteiger partial charge on any atom is 0.165 e. The van der Waals surface area contributed by atoms with Crippen molar-refractivity contribution < 1.29 is 18.3 Å². The summed E-state index contributed by atoms with van der Waals surface area (Å²) in [4.78, 5) is 11.7. The van der Waals surface area contributed by atoms with Crippen molar-refractivity contribution in [2.24, 2.45) is 0 Å². The van der Waals surface area contributed by atoms with E-state index in [1.165, 1.54) is 0 Å². The van der Waals surface area contributed by atoms with Crippen LogP contribution in [0.25, 0.3) is 0 Å². The Bertz CT molecular complexity index is 391. The Hall–Kier alpha value is -1.29. The number of carbonyl (C=O) groups is 1. The van der Waals surface area contributed by atoms with Crippen LogP contribution in [0.3, 0.4) is 0 Å². The van der Waals surface area contributed by atoms with Crippen LogP contribution in [0, 0.1) is 11.6 Å². The van der Waals surface area contributed by atoms with E-state index in [0.29, 0.717) is 13.0 Å². The SMILES string of the molecule is CCCOC(C(=O)CC)c1cc(F)ccc1F. The monoisotopic (exact) mass is 242 g/mol. The van der Waals surface area contributed by atoms with Crippen molar-refractivity contribution in [3.8, 4) is 0 Å². The molecule has 0 spiro atoms. The third-order valence-electron chi connectivity index (χ3n) is 2.37. The third kappa shape index (κ3) is 3.60. The van der Waals surface area contributed by atoms with Crippen molar-refractivity contribution in [3.05, 3.63) is 35.4 Å². The Morgan fingerprint density at radius 2 is 2.06 bits per heavy atom. The smallest absolute Gasteiger partial charge is 0.165 e. The first-order valence-electron chi connectivity index (χ1n) is 5.69. The molecule has 94 valence electrons. The molecule has 0 saturated carbocycles. The van der Waals surface area contributed by atoms with E-state index >= 15 is 0 Å². The number of benzene rings is 1. The fourth-order valence-electron chi connectivity index (χ4n) is 1.49. The largest absolute Gasteiger partial charge is 0.366 e. The van der Waals surface area contributed by atoms with Gasteiger partial charge in [-0.05, 0) is 24.6 Å². The highest BCUT2D eigenvalue weighted by molar-refractivity contribution is 5.84. The fourth-order valence-corrected chi connectivity index (χ4v) is 1.49. The predicted molar refractivity (Wildman–Crippen MR) is 60.6 cm³/mol. The standard InChI is InChI=1S/C13H16F2O2/c1-3-7-17-13(12(16)4-2)10-8-9(14)5-6-11(10)15/h5-6,8,13H,3-4,7H2,1-2H3. The van der Waals surface area contributed by atoms with Gasteiger partial charge in [0, 0.05) is 18.6 Å². The summed E-state index contributed by atoms with van der Waals surface area (Å²) in [6, 6.07) is 3.05. The van der Waals surface area contributed by atoms with Gasteiger partial charge in [-0.2, -0.15) is 0 Å². The van der Waals surface area contributed by atoms with Crippen molar-refractivity contribution in [2.75, 3.05) is 6.61 Å². The summed E-state index contributed by atoms with van der Waals surface area (Å²) in [7, 11) is 0. The molecule has 0 aliphatic heterocycles. The van der Waals surface area contributed by atoms with Gasteiger partial charge < -0.3 is 4.74 Å². The van der Waals surface area contributed by atoms with E-state index in [4.69, 9.17) is 4.74 Å². The molecule has 1 rings (SSSR count). The van der Waals surface area contributed by atoms with Crippen LogP contribution in [-0.2, 0) is 9.53 Å². The third-order valence-corrected chi connectivity index (χ3v) is 2.37. The van der Waals surface area contributed by atoms with Crippen molar-refractivity contribution in [1.29, 1.82) is 0 Å². The van der Waals surface area contributed by atoms with Gasteiger partial charge in [0.1, 0.15) is 17.7 Å². The van der Waals surface area contributed by atoms with Gasteiger partial charge in [-0.3, -0.25) is 4.79 Å². The summed E-state index contributed by atoms with van der Waals surface area (Å²) in [5.41, 5.74) is -0.0229. The van der Waals surface area contributed by atoms with Crippen molar-refractivity contribution >= 4 is 5.78 Å². The number of ketones is 1. The Balaban J connectivity index is 3.02. The van der Waals surface area contributed by atoms with E-state index < -0.39 is 17.7 Å². The van der Waals surface area contributed by atoms with Crippen LogP contribution >= 0.6 is 0 Å². The van der Waals surface area contributed by atoms with E-state index in [1.54, 1.807) is 6.92 Å². The molecule has 0 aromatic heterocycles. The average Bonchev–Trinajstić information content (AvgIpc) is 2.33. The molecular formula is C13H16F2O2. The van der Waals surface area contributed by atoms with Crippen LogP contribution in [0.2, 0.25) is 0 Å². The number of halogens is 2. The van der Waals surface area contributed by atoms with Crippen LogP contribution in [-0.4, -0.2) is 12.4 Å². The van der Waals surface area contributed by atoms with E-state index in [2.05, 4.69) is 0 Å². The number of Topliss-reactive ketones (excluding diaryl/α,β-unsaturated/α-hetero) is 1. The van der Waals surface area contributed by atoms with Gasteiger partial charge in [-0.15, -0.1) is 0 Å². The van der Waals surface area contributed by atoms with E-state index in [9.17, 15) is 13.6 Å². The lowest BCUT2D eigenvalue weighted by atomic mass is 10.0. The summed E-state index contributed by atoms with van der Waals surface area (Å²) >= 11 is 0. The van der Waals surface area contributed by atoms with Crippen LogP contribution < -0.4 is 0 Å². The van der Waals surface area contributed by atoms with Gasteiger partial charge in [0.15, 0.2) is 5.78 Å². The van der Waals surface area contributed by atoms with Gasteiger partial charge in [0.05, 0.1) is 0 Å². The second kappa shape index (κ2) is 6.45. The summed E-state index contributed by atoms with van der Waals surface area (Å²) in [5.74, 6) is -1.44. The quantitative estimate of drug-likeness (QED) is 0.764. The molecule has 2 nitrogen and oxygen atoms in total. The molecule has 4 heteroatoms. The summed E-state index contributed by atoms with van der Waals surface area (Å²) < 4.78 is 31.9. The highest BCUT2D eigenvalue weighted by Gasteiger charge is 2.23. The Labute approximate surface area is 99.6 Å². The molecule has 0 amide bonds. The highest BCUT2D eigenvalue weighted by Crippen LogP contribution is 2.24. The lowest BCUT2D eigenvalue weighted by molar-refractivity contribution is -0.130. The van der Waals surface area contributed by atoms with Crippen molar-refractivity contribution in [2.45, 2.75) is 32.8 Å². The number of hydrogen-bond donors (Lipinski definition) is 0. The van der Waals surface area contributed by atoms with Gasteiger partial charge in [-0.25, -0.2) is 8.78 Å². The molecule has 0 bridgehead atoms. The number of carbonyl (C=O) groups excluding carboxylic acids is 1. The zero-order chi connectivity index (χ0) is 12.8. The van der Waals surface area contributed by atoms with Crippen LogP contribution in [0.4, 0.5) is 8.78 Å². The topological polar surface area (TPSA) is 26.3 Å². The lowest BCUT2D eigenvalue weighted by Crippen LogP contribution is -2.17. The second-order valence-corrected chi connectivity index (χ2v) is 3.74. The zero-order valence-corrected chi connectivity index (χ0v) is 10.0. The summed E-state index contributed by atoms with van der Waals surface area (Å²) in [6.07, 6.45) is -0.0648. The van der Waals surface area contributed by atoms with Gasteiger partial charge in [0.2, 0.25) is 0 Å². The number of ether oxygens (including phenoxy) is 1. The Morgan fingerprint density at radius 1 is 1.35 bits per heavy atom. The number of rotatable bonds is 6. The van der Waals surface area contributed by atoms with Crippen molar-refractivity contribution in [3.63, 3.8) is 0 Å². The molecule has 0 N–H and O–H groups in total. The van der Waals surface area contributed by atoms with Crippen molar-refractivity contribution in [1.82, 2.24) is 0 Å². The lowest BCUT2D eigenvalue weighted by Gasteiger charge is -2.16. The van der Waals surface area contributed by atoms with E-state index in [-0.39, 0.29) is 17.8 Å². The molecule has 1 aromatic carbocycles. The van der Waals surface area contributed by atoms with Crippen LogP contribution in [0.1, 0.15) is 38.4 Å². The Kier molecular flexibility index (Phi) is 5.22. The maximum absolute atomic E-state index is 13.5. The predicted octanol–water partition coefficient (Wildman–Crippen LogP) is 3.41. The molecular weight excluding hydrogens is 226 g/mol. The molecule has 0 heterocycles. The minimum atomic E-state index is -1.00. The first-order valence-corrected chi connectivity index (χ1v) is 5.69. The molecule has 0 aliphatic carbocycles. The summed E-state index contributed by atoms with van der Waals surface area (Å²) in [6.45, 7) is 3.89. The van der Waals surface area contributed by atoms with E-state index in [0.717, 1.165) is 18.2 Å². The highest BCUT2D eigenvalue weighted by atomic mass is 19.1. The minimum Gasteiger partial charge on any atom is -0.366 e. The minimum absolute atomic E-state index is 0.0229.